The van der Waals surface area contributed by atoms with E-state index in [0.717, 1.165) is 5.69 Å². The van der Waals surface area contributed by atoms with E-state index >= 15 is 0 Å². The minimum atomic E-state index is -0.478. The van der Waals surface area contributed by atoms with Gasteiger partial charge in [-0.15, -0.1) is 0 Å². The van der Waals surface area contributed by atoms with Crippen LogP contribution in [0.2, 0.25) is 0 Å². The fourth-order valence-electron chi connectivity index (χ4n) is 1.45. The lowest BCUT2D eigenvalue weighted by Gasteiger charge is -2.24. The molecule has 0 aromatic heterocycles. The molecule has 0 aliphatic carbocycles. The monoisotopic (exact) mass is 275 g/mol. The van der Waals surface area contributed by atoms with E-state index in [-0.39, 0.29) is 6.09 Å². The lowest BCUT2D eigenvalue weighted by Crippen LogP contribution is -2.36. The predicted molar refractivity (Wildman–Crippen MR) is 80.1 cm³/mol. The molecule has 0 aliphatic heterocycles. The summed E-state index contributed by atoms with van der Waals surface area (Å²) in [7, 11) is 1.71. The number of rotatable bonds is 4. The maximum Gasteiger partial charge on any atom is 0.410 e. The quantitative estimate of drug-likeness (QED) is 0.855. The van der Waals surface area contributed by atoms with Crippen LogP contribution in [0.25, 0.3) is 4.85 Å². The van der Waals surface area contributed by atoms with Gasteiger partial charge in [-0.3, -0.25) is 0 Å². The van der Waals surface area contributed by atoms with Crippen molar-refractivity contribution in [2.45, 2.75) is 26.4 Å². The van der Waals surface area contributed by atoms with Crippen LogP contribution in [-0.4, -0.2) is 36.7 Å². The van der Waals surface area contributed by atoms with Crippen molar-refractivity contribution in [3.8, 4) is 0 Å². The zero-order valence-corrected chi connectivity index (χ0v) is 12.4. The highest BCUT2D eigenvalue weighted by atomic mass is 16.6. The number of hydrogen-bond donors (Lipinski definition) is 1. The number of amides is 1. The van der Waals surface area contributed by atoms with E-state index < -0.39 is 5.60 Å². The normalized spacial score (nSPS) is 10.6. The lowest BCUT2D eigenvalue weighted by molar-refractivity contribution is 0.0305. The average Bonchev–Trinajstić information content (AvgIpc) is 2.37. The summed E-state index contributed by atoms with van der Waals surface area (Å²) in [5.41, 5.74) is 1.06. The molecule has 0 radical (unpaired) electrons. The summed E-state index contributed by atoms with van der Waals surface area (Å²) in [4.78, 5) is 16.6. The first-order valence-electron chi connectivity index (χ1n) is 6.47. The molecule has 5 heteroatoms. The highest BCUT2D eigenvalue weighted by Crippen LogP contribution is 2.15. The van der Waals surface area contributed by atoms with Crippen LogP contribution >= 0.6 is 0 Å². The molecule has 0 saturated heterocycles. The van der Waals surface area contributed by atoms with Crippen LogP contribution in [0.4, 0.5) is 16.2 Å². The molecule has 0 spiro atoms. The standard InChI is InChI=1S/C15H21N3O2/c1-15(2,3)20-14(19)18(5)11-10-17-13-8-6-12(16-4)7-9-13/h6-9,17H,10-11H2,1-3,5H3. The molecular formula is C15H21N3O2. The van der Waals surface area contributed by atoms with Crippen LogP contribution in [0.15, 0.2) is 24.3 Å². The summed E-state index contributed by atoms with van der Waals surface area (Å²) in [5.74, 6) is 0. The van der Waals surface area contributed by atoms with Crippen LogP contribution in [0.5, 0.6) is 0 Å². The average molecular weight is 275 g/mol. The van der Waals surface area contributed by atoms with Crippen LogP contribution in [0.3, 0.4) is 0 Å². The minimum Gasteiger partial charge on any atom is -0.444 e. The van der Waals surface area contributed by atoms with Crippen molar-refractivity contribution in [2.75, 3.05) is 25.5 Å². The molecule has 1 amide bonds. The van der Waals surface area contributed by atoms with E-state index in [1.165, 1.54) is 4.90 Å². The van der Waals surface area contributed by atoms with Crippen LogP contribution < -0.4 is 5.32 Å². The fourth-order valence-corrected chi connectivity index (χ4v) is 1.45. The maximum absolute atomic E-state index is 11.7. The first-order valence-corrected chi connectivity index (χ1v) is 6.47. The first-order chi connectivity index (χ1) is 9.31. The summed E-state index contributed by atoms with van der Waals surface area (Å²) in [6.45, 7) is 13.6. The Kier molecular flexibility index (Phi) is 5.39. The van der Waals surface area contributed by atoms with Crippen molar-refractivity contribution < 1.29 is 9.53 Å². The Morgan fingerprint density at radius 2 is 1.95 bits per heavy atom. The molecule has 0 fully saturated rings. The second kappa shape index (κ2) is 6.80. The highest BCUT2D eigenvalue weighted by Gasteiger charge is 2.18. The molecule has 5 nitrogen and oxygen atoms in total. The predicted octanol–water partition coefficient (Wildman–Crippen LogP) is 3.52. The zero-order chi connectivity index (χ0) is 15.2. The Morgan fingerprint density at radius 3 is 2.45 bits per heavy atom. The zero-order valence-electron chi connectivity index (χ0n) is 12.4. The lowest BCUT2D eigenvalue weighted by atomic mass is 10.2. The number of nitrogens with zero attached hydrogens (tertiary/aromatic N) is 2. The number of carbonyl (C=O) groups excluding carboxylic acids is 1. The number of likely N-dealkylation sites (N-methyl/N-ethyl adjacent to an activating group) is 1. The Morgan fingerprint density at radius 1 is 1.35 bits per heavy atom. The summed E-state index contributed by atoms with van der Waals surface area (Å²) in [6.07, 6.45) is -0.331. The molecule has 0 atom stereocenters. The molecule has 0 heterocycles. The molecule has 1 rings (SSSR count). The second-order valence-electron chi connectivity index (χ2n) is 5.49. The summed E-state index contributed by atoms with van der Waals surface area (Å²) >= 11 is 0. The Bertz CT molecular complexity index is 483. The smallest absolute Gasteiger partial charge is 0.410 e. The van der Waals surface area contributed by atoms with Gasteiger partial charge in [-0.05, 0) is 32.9 Å². The van der Waals surface area contributed by atoms with Gasteiger partial charge in [-0.2, -0.15) is 0 Å². The SMILES string of the molecule is [C-]#[N+]c1ccc(NCCN(C)C(=O)OC(C)(C)C)cc1. The van der Waals surface area contributed by atoms with Crippen LogP contribution in [0.1, 0.15) is 20.8 Å². The molecule has 0 unspecified atom stereocenters. The third kappa shape index (κ3) is 5.61. The van der Waals surface area contributed by atoms with Crippen molar-refractivity contribution in [3.63, 3.8) is 0 Å². The van der Waals surface area contributed by atoms with Gasteiger partial charge < -0.3 is 15.0 Å². The molecule has 0 bridgehead atoms. The van der Waals surface area contributed by atoms with Gasteiger partial charge in [0, 0.05) is 25.8 Å². The number of benzene rings is 1. The Hall–Kier alpha value is -2.22. The second-order valence-corrected chi connectivity index (χ2v) is 5.49. The van der Waals surface area contributed by atoms with E-state index in [4.69, 9.17) is 11.3 Å². The summed E-state index contributed by atoms with van der Waals surface area (Å²) in [6, 6.07) is 7.21. The number of ether oxygens (including phenoxy) is 1. The molecule has 108 valence electrons. The van der Waals surface area contributed by atoms with Gasteiger partial charge in [-0.25, -0.2) is 9.64 Å². The van der Waals surface area contributed by atoms with E-state index in [1.807, 2.05) is 32.9 Å². The topological polar surface area (TPSA) is 45.9 Å². The van der Waals surface area contributed by atoms with Gasteiger partial charge in [-0.1, -0.05) is 12.1 Å². The van der Waals surface area contributed by atoms with Gasteiger partial charge in [0.25, 0.3) is 0 Å². The number of carbonyl (C=O) groups is 1. The summed E-state index contributed by atoms with van der Waals surface area (Å²) in [5, 5.41) is 3.19. The van der Waals surface area contributed by atoms with Gasteiger partial charge >= 0.3 is 6.09 Å². The largest absolute Gasteiger partial charge is 0.444 e. The maximum atomic E-state index is 11.7. The van der Waals surface area contributed by atoms with Crippen LogP contribution in [0, 0.1) is 6.57 Å². The molecule has 0 aliphatic rings. The van der Waals surface area contributed by atoms with Crippen molar-refractivity contribution in [1.29, 1.82) is 0 Å². The molecule has 1 aromatic carbocycles. The third-order valence-corrected chi connectivity index (χ3v) is 2.48. The van der Waals surface area contributed by atoms with Crippen molar-refractivity contribution in [1.82, 2.24) is 4.90 Å². The minimum absolute atomic E-state index is 0.331. The van der Waals surface area contributed by atoms with E-state index in [0.29, 0.717) is 18.8 Å². The fraction of sp³-hybridized carbons (Fsp3) is 0.467. The highest BCUT2D eigenvalue weighted by molar-refractivity contribution is 5.67. The van der Waals surface area contributed by atoms with Crippen molar-refractivity contribution in [2.24, 2.45) is 0 Å². The van der Waals surface area contributed by atoms with Gasteiger partial charge in [0.2, 0.25) is 0 Å². The molecule has 1 aromatic rings. The molecule has 0 saturated carbocycles. The number of nitrogens with one attached hydrogen (secondary N) is 1. The van der Waals surface area contributed by atoms with E-state index in [2.05, 4.69) is 10.2 Å². The van der Waals surface area contributed by atoms with Gasteiger partial charge in [0.1, 0.15) is 5.60 Å². The number of hydrogen-bond acceptors (Lipinski definition) is 3. The summed E-state index contributed by atoms with van der Waals surface area (Å²) < 4.78 is 5.26. The van der Waals surface area contributed by atoms with E-state index in [9.17, 15) is 4.79 Å². The Balaban J connectivity index is 2.36. The van der Waals surface area contributed by atoms with Crippen LogP contribution in [-0.2, 0) is 4.74 Å². The van der Waals surface area contributed by atoms with Crippen molar-refractivity contribution in [3.05, 3.63) is 35.7 Å². The number of anilines is 1. The van der Waals surface area contributed by atoms with Gasteiger partial charge in [0.15, 0.2) is 5.69 Å². The Labute approximate surface area is 120 Å². The first kappa shape index (κ1) is 15.8. The van der Waals surface area contributed by atoms with Crippen molar-refractivity contribution >= 4 is 17.5 Å². The van der Waals surface area contributed by atoms with E-state index in [1.54, 1.807) is 19.2 Å². The third-order valence-electron chi connectivity index (χ3n) is 2.48. The molecular weight excluding hydrogens is 254 g/mol. The molecule has 1 N–H and O–H groups in total. The molecule has 20 heavy (non-hydrogen) atoms. The van der Waals surface area contributed by atoms with Gasteiger partial charge in [0.05, 0.1) is 6.57 Å².